The summed E-state index contributed by atoms with van der Waals surface area (Å²) in [5.74, 6) is 0.0844. The highest BCUT2D eigenvalue weighted by Gasteiger charge is 2.40. The molecule has 1 aliphatic carbocycles. The molecule has 1 saturated carbocycles. The lowest BCUT2D eigenvalue weighted by Gasteiger charge is -2.26. The maximum Gasteiger partial charge on any atom is 0.319 e. The van der Waals surface area contributed by atoms with Crippen molar-refractivity contribution in [2.75, 3.05) is 13.2 Å². The van der Waals surface area contributed by atoms with E-state index in [1.54, 1.807) is 4.90 Å². The van der Waals surface area contributed by atoms with Crippen molar-refractivity contribution in [2.45, 2.75) is 59.0 Å². The molecule has 1 N–H and O–H groups in total. The van der Waals surface area contributed by atoms with Gasteiger partial charge in [0.15, 0.2) is 0 Å². The van der Waals surface area contributed by atoms with Crippen LogP contribution in [0.5, 0.6) is 0 Å². The number of nitrogens with zero attached hydrogens (tertiary/aromatic N) is 2. The molecule has 0 spiro atoms. The fourth-order valence-electron chi connectivity index (χ4n) is 2.68. The minimum atomic E-state index is -0.117. The van der Waals surface area contributed by atoms with Gasteiger partial charge in [0.1, 0.15) is 6.54 Å². The van der Waals surface area contributed by atoms with Crippen molar-refractivity contribution in [1.29, 1.82) is 0 Å². The average molecular weight is 267 g/mol. The molecule has 5 nitrogen and oxygen atoms in total. The lowest BCUT2D eigenvalue weighted by molar-refractivity contribution is -0.127. The molecule has 1 heterocycles. The van der Waals surface area contributed by atoms with Crippen LogP contribution in [0.2, 0.25) is 0 Å². The zero-order valence-electron chi connectivity index (χ0n) is 12.4. The van der Waals surface area contributed by atoms with E-state index in [-0.39, 0.29) is 29.9 Å². The summed E-state index contributed by atoms with van der Waals surface area (Å²) in [6, 6.07) is 0.392. The molecule has 0 radical (unpaired) electrons. The summed E-state index contributed by atoms with van der Waals surface area (Å²) < 4.78 is 0. The van der Waals surface area contributed by atoms with Gasteiger partial charge in [-0.25, -0.2) is 4.79 Å². The van der Waals surface area contributed by atoms with Crippen LogP contribution < -0.4 is 5.32 Å². The second-order valence-electron chi connectivity index (χ2n) is 7.05. The van der Waals surface area contributed by atoms with Crippen molar-refractivity contribution in [1.82, 2.24) is 15.1 Å². The van der Waals surface area contributed by atoms with E-state index in [0.29, 0.717) is 12.7 Å². The summed E-state index contributed by atoms with van der Waals surface area (Å²) in [4.78, 5) is 27.3. The average Bonchev–Trinajstić information content (AvgIpc) is 2.99. The zero-order chi connectivity index (χ0) is 14.2. The number of carbonyl (C=O) groups excluding carboxylic acids is 2. The predicted molar refractivity (Wildman–Crippen MR) is 73.5 cm³/mol. The molecule has 5 heteroatoms. The fraction of sp³-hybridized carbons (Fsp3) is 0.857. The van der Waals surface area contributed by atoms with E-state index < -0.39 is 0 Å². The first kappa shape index (κ1) is 14.2. The summed E-state index contributed by atoms with van der Waals surface area (Å²) in [6.45, 7) is 9.17. The standard InChI is InChI=1S/C14H25N3O2/c1-10(7-14(2,3)4)15-13(19)16-8-12(18)17(9-16)11-5-6-11/h10-11H,5-9H2,1-4H3,(H,15,19). The SMILES string of the molecule is CC(CC(C)(C)C)NC(=O)N1CC(=O)N(C2CC2)C1. The van der Waals surface area contributed by atoms with Gasteiger partial charge in [0.2, 0.25) is 5.91 Å². The highest BCUT2D eigenvalue weighted by Crippen LogP contribution is 2.29. The Morgan fingerprint density at radius 3 is 2.58 bits per heavy atom. The molecule has 2 aliphatic rings. The van der Waals surface area contributed by atoms with E-state index in [4.69, 9.17) is 0 Å². The van der Waals surface area contributed by atoms with Crippen LogP contribution in [0.3, 0.4) is 0 Å². The summed E-state index contributed by atoms with van der Waals surface area (Å²) in [5.41, 5.74) is 0.188. The third-order valence-corrected chi connectivity index (χ3v) is 3.53. The van der Waals surface area contributed by atoms with Gasteiger partial charge in [-0.05, 0) is 31.6 Å². The maximum atomic E-state index is 12.1. The molecule has 0 aromatic heterocycles. The molecule has 19 heavy (non-hydrogen) atoms. The number of urea groups is 1. The number of nitrogens with one attached hydrogen (secondary N) is 1. The van der Waals surface area contributed by atoms with E-state index in [1.165, 1.54) is 0 Å². The monoisotopic (exact) mass is 267 g/mol. The van der Waals surface area contributed by atoms with Crippen LogP contribution in [-0.4, -0.2) is 47.0 Å². The predicted octanol–water partition coefficient (Wildman–Crippen LogP) is 1.78. The topological polar surface area (TPSA) is 52.7 Å². The first-order valence-corrected chi connectivity index (χ1v) is 7.11. The lowest BCUT2D eigenvalue weighted by Crippen LogP contribution is -2.44. The highest BCUT2D eigenvalue weighted by molar-refractivity contribution is 5.87. The first-order valence-electron chi connectivity index (χ1n) is 7.11. The number of rotatable bonds is 3. The third-order valence-electron chi connectivity index (χ3n) is 3.53. The molecule has 0 aromatic rings. The Hall–Kier alpha value is -1.26. The lowest BCUT2D eigenvalue weighted by atomic mass is 9.89. The molecular formula is C14H25N3O2. The molecule has 0 bridgehead atoms. The molecule has 0 aromatic carbocycles. The number of hydrogen-bond acceptors (Lipinski definition) is 2. The minimum absolute atomic E-state index is 0.0844. The van der Waals surface area contributed by atoms with Crippen molar-refractivity contribution in [3.63, 3.8) is 0 Å². The smallest absolute Gasteiger partial charge is 0.319 e. The quantitative estimate of drug-likeness (QED) is 0.847. The molecule has 2 fully saturated rings. The van der Waals surface area contributed by atoms with Gasteiger partial charge in [-0.15, -0.1) is 0 Å². The Kier molecular flexibility index (Phi) is 3.74. The third kappa shape index (κ3) is 3.85. The second kappa shape index (κ2) is 5.02. The number of amides is 3. The Morgan fingerprint density at radius 1 is 1.42 bits per heavy atom. The number of hydrogen-bond donors (Lipinski definition) is 1. The van der Waals surface area contributed by atoms with Crippen molar-refractivity contribution in [2.24, 2.45) is 5.41 Å². The molecule has 1 atom stereocenters. The minimum Gasteiger partial charge on any atom is -0.335 e. The Balaban J connectivity index is 1.82. The Morgan fingerprint density at radius 2 is 2.05 bits per heavy atom. The Bertz CT molecular complexity index is 371. The molecule has 1 aliphatic heterocycles. The van der Waals surface area contributed by atoms with Crippen LogP contribution in [0.4, 0.5) is 4.79 Å². The fourth-order valence-corrected chi connectivity index (χ4v) is 2.68. The molecule has 108 valence electrons. The van der Waals surface area contributed by atoms with Crippen LogP contribution in [0.25, 0.3) is 0 Å². The normalized spacial score (nSPS) is 21.8. The van der Waals surface area contributed by atoms with Crippen molar-refractivity contribution >= 4 is 11.9 Å². The zero-order valence-corrected chi connectivity index (χ0v) is 12.4. The molecular weight excluding hydrogens is 242 g/mol. The van der Waals surface area contributed by atoms with Gasteiger partial charge in [0.25, 0.3) is 0 Å². The van der Waals surface area contributed by atoms with Crippen molar-refractivity contribution in [3.8, 4) is 0 Å². The summed E-state index contributed by atoms with van der Waals surface area (Å²) >= 11 is 0. The van der Waals surface area contributed by atoms with Gasteiger partial charge < -0.3 is 10.2 Å². The van der Waals surface area contributed by atoms with E-state index in [1.807, 2.05) is 11.8 Å². The van der Waals surface area contributed by atoms with E-state index in [0.717, 1.165) is 19.3 Å². The van der Waals surface area contributed by atoms with Crippen LogP contribution in [-0.2, 0) is 4.79 Å². The van der Waals surface area contributed by atoms with Gasteiger partial charge in [0.05, 0.1) is 6.67 Å². The van der Waals surface area contributed by atoms with Crippen LogP contribution >= 0.6 is 0 Å². The van der Waals surface area contributed by atoms with Gasteiger partial charge in [-0.2, -0.15) is 0 Å². The molecule has 2 rings (SSSR count). The van der Waals surface area contributed by atoms with E-state index in [2.05, 4.69) is 26.1 Å². The van der Waals surface area contributed by atoms with E-state index in [9.17, 15) is 9.59 Å². The number of carbonyl (C=O) groups is 2. The second-order valence-corrected chi connectivity index (χ2v) is 7.05. The van der Waals surface area contributed by atoms with Gasteiger partial charge in [-0.3, -0.25) is 9.69 Å². The maximum absolute atomic E-state index is 12.1. The summed E-state index contributed by atoms with van der Waals surface area (Å²) in [6.07, 6.45) is 3.09. The van der Waals surface area contributed by atoms with E-state index >= 15 is 0 Å². The summed E-state index contributed by atoms with van der Waals surface area (Å²) in [5, 5.41) is 2.99. The van der Waals surface area contributed by atoms with Crippen molar-refractivity contribution in [3.05, 3.63) is 0 Å². The van der Waals surface area contributed by atoms with Crippen molar-refractivity contribution < 1.29 is 9.59 Å². The van der Waals surface area contributed by atoms with Gasteiger partial charge in [-0.1, -0.05) is 20.8 Å². The molecule has 3 amide bonds. The first-order chi connectivity index (χ1) is 8.76. The molecule has 1 saturated heterocycles. The highest BCUT2D eigenvalue weighted by atomic mass is 16.2. The van der Waals surface area contributed by atoms with Gasteiger partial charge >= 0.3 is 6.03 Å². The summed E-state index contributed by atoms with van der Waals surface area (Å²) in [7, 11) is 0. The molecule has 1 unspecified atom stereocenters. The largest absolute Gasteiger partial charge is 0.335 e. The van der Waals surface area contributed by atoms with Crippen LogP contribution in [0, 0.1) is 5.41 Å². The Labute approximate surface area is 115 Å². The van der Waals surface area contributed by atoms with Crippen LogP contribution in [0.15, 0.2) is 0 Å². The van der Waals surface area contributed by atoms with Crippen LogP contribution in [0.1, 0.15) is 47.0 Å². The van der Waals surface area contributed by atoms with Gasteiger partial charge in [0, 0.05) is 12.1 Å².